The second kappa shape index (κ2) is 5.96. The first kappa shape index (κ1) is 14.2. The van der Waals surface area contributed by atoms with Crippen molar-refractivity contribution in [3.63, 3.8) is 0 Å². The third-order valence-electron chi connectivity index (χ3n) is 4.67. The molecule has 2 atom stereocenters. The van der Waals surface area contributed by atoms with Crippen molar-refractivity contribution in [1.82, 2.24) is 9.80 Å². The number of carbonyl (C=O) groups is 1. The third-order valence-corrected chi connectivity index (χ3v) is 5.20. The summed E-state index contributed by atoms with van der Waals surface area (Å²) in [7, 11) is 0. The Labute approximate surface area is 129 Å². The lowest BCUT2D eigenvalue weighted by Crippen LogP contribution is -2.54. The van der Waals surface area contributed by atoms with Crippen molar-refractivity contribution in [2.75, 3.05) is 26.2 Å². The van der Waals surface area contributed by atoms with E-state index < -0.39 is 0 Å². The Bertz CT molecular complexity index is 488. The number of halogens is 1. The minimum Gasteiger partial charge on any atom is -0.298 e. The molecule has 108 valence electrons. The fourth-order valence-corrected chi connectivity index (χ4v) is 3.65. The molecule has 1 aromatic rings. The van der Waals surface area contributed by atoms with Crippen LogP contribution in [0, 0.1) is 0 Å². The molecule has 1 aromatic carbocycles. The fraction of sp³-hybridized carbons (Fsp3) is 0.562. The molecule has 20 heavy (non-hydrogen) atoms. The zero-order valence-corrected chi connectivity index (χ0v) is 13.5. The first-order valence-electron chi connectivity index (χ1n) is 7.43. The standard InChI is InChI=1S/C16H21BrN2O/c1-12(16(20)13-4-6-14(17)7-5-13)19-10-9-18-8-2-3-15(18)11-19/h4-7,12,15H,2-3,8-11H2,1H3. The predicted octanol–water partition coefficient (Wildman–Crippen LogP) is 2.80. The molecule has 2 heterocycles. The second-order valence-corrected chi connectivity index (χ2v) is 6.79. The van der Waals surface area contributed by atoms with Crippen molar-refractivity contribution in [1.29, 1.82) is 0 Å². The summed E-state index contributed by atoms with van der Waals surface area (Å²) in [6.45, 7) is 6.47. The summed E-state index contributed by atoms with van der Waals surface area (Å²) < 4.78 is 1.02. The zero-order chi connectivity index (χ0) is 14.1. The van der Waals surface area contributed by atoms with E-state index in [0.29, 0.717) is 6.04 Å². The molecule has 0 aromatic heterocycles. The Morgan fingerprint density at radius 3 is 2.75 bits per heavy atom. The summed E-state index contributed by atoms with van der Waals surface area (Å²) in [6.07, 6.45) is 2.60. The van der Waals surface area contributed by atoms with Crippen LogP contribution in [0.1, 0.15) is 30.1 Å². The van der Waals surface area contributed by atoms with Crippen LogP contribution in [0.15, 0.2) is 28.7 Å². The number of rotatable bonds is 3. The molecule has 2 fully saturated rings. The fourth-order valence-electron chi connectivity index (χ4n) is 3.39. The van der Waals surface area contributed by atoms with Crippen molar-refractivity contribution in [3.8, 4) is 0 Å². The van der Waals surface area contributed by atoms with Gasteiger partial charge in [-0.1, -0.05) is 28.1 Å². The van der Waals surface area contributed by atoms with Gasteiger partial charge in [0.05, 0.1) is 6.04 Å². The highest BCUT2D eigenvalue weighted by atomic mass is 79.9. The average molecular weight is 337 g/mol. The van der Waals surface area contributed by atoms with Gasteiger partial charge in [-0.05, 0) is 38.4 Å². The maximum absolute atomic E-state index is 12.6. The van der Waals surface area contributed by atoms with Gasteiger partial charge in [-0.15, -0.1) is 0 Å². The molecule has 2 unspecified atom stereocenters. The van der Waals surface area contributed by atoms with Crippen LogP contribution in [0.3, 0.4) is 0 Å². The SMILES string of the molecule is CC(C(=O)c1ccc(Br)cc1)N1CCN2CCCC2C1. The van der Waals surface area contributed by atoms with Crippen molar-refractivity contribution >= 4 is 21.7 Å². The summed E-state index contributed by atoms with van der Waals surface area (Å²) in [5.74, 6) is 0.240. The number of hydrogen-bond donors (Lipinski definition) is 0. The lowest BCUT2D eigenvalue weighted by Gasteiger charge is -2.40. The molecule has 0 saturated carbocycles. The van der Waals surface area contributed by atoms with Crippen LogP contribution in [-0.4, -0.2) is 53.8 Å². The smallest absolute Gasteiger partial charge is 0.179 e. The molecule has 0 spiro atoms. The number of fused-ring (bicyclic) bond motifs is 1. The van der Waals surface area contributed by atoms with E-state index in [2.05, 4.69) is 32.7 Å². The molecule has 2 aliphatic heterocycles. The first-order chi connectivity index (χ1) is 9.65. The zero-order valence-electron chi connectivity index (χ0n) is 11.9. The molecule has 0 aliphatic carbocycles. The van der Waals surface area contributed by atoms with Crippen molar-refractivity contribution in [3.05, 3.63) is 34.3 Å². The van der Waals surface area contributed by atoms with E-state index in [-0.39, 0.29) is 11.8 Å². The van der Waals surface area contributed by atoms with Gasteiger partial charge in [0.25, 0.3) is 0 Å². The monoisotopic (exact) mass is 336 g/mol. The van der Waals surface area contributed by atoms with Gasteiger partial charge in [0, 0.05) is 35.7 Å². The second-order valence-electron chi connectivity index (χ2n) is 5.87. The van der Waals surface area contributed by atoms with E-state index in [4.69, 9.17) is 0 Å². The van der Waals surface area contributed by atoms with Crippen LogP contribution in [0.5, 0.6) is 0 Å². The van der Waals surface area contributed by atoms with E-state index in [0.717, 1.165) is 29.7 Å². The highest BCUT2D eigenvalue weighted by molar-refractivity contribution is 9.10. The number of benzene rings is 1. The molecule has 0 bridgehead atoms. The van der Waals surface area contributed by atoms with Crippen molar-refractivity contribution in [2.45, 2.75) is 31.8 Å². The molecule has 0 amide bonds. The van der Waals surface area contributed by atoms with Crippen LogP contribution < -0.4 is 0 Å². The lowest BCUT2D eigenvalue weighted by atomic mass is 10.0. The summed E-state index contributed by atoms with van der Waals surface area (Å²) in [4.78, 5) is 17.5. The molecule has 2 aliphatic rings. The van der Waals surface area contributed by atoms with Crippen LogP contribution in [0.25, 0.3) is 0 Å². The van der Waals surface area contributed by atoms with E-state index in [1.165, 1.54) is 19.4 Å². The maximum atomic E-state index is 12.6. The first-order valence-corrected chi connectivity index (χ1v) is 8.22. The topological polar surface area (TPSA) is 23.6 Å². The Morgan fingerprint density at radius 1 is 1.25 bits per heavy atom. The van der Waals surface area contributed by atoms with Crippen LogP contribution in [0.4, 0.5) is 0 Å². The van der Waals surface area contributed by atoms with E-state index >= 15 is 0 Å². The minimum atomic E-state index is -0.0149. The summed E-state index contributed by atoms with van der Waals surface area (Å²) in [5.41, 5.74) is 0.814. The highest BCUT2D eigenvalue weighted by Gasteiger charge is 2.34. The number of ketones is 1. The number of Topliss-reactive ketones (excluding diaryl/α,β-unsaturated/α-hetero) is 1. The van der Waals surface area contributed by atoms with Gasteiger partial charge in [0.2, 0.25) is 0 Å². The number of piperazine rings is 1. The van der Waals surface area contributed by atoms with Crippen molar-refractivity contribution in [2.24, 2.45) is 0 Å². The maximum Gasteiger partial charge on any atom is 0.179 e. The molecule has 2 saturated heterocycles. The van der Waals surface area contributed by atoms with E-state index in [9.17, 15) is 4.79 Å². The molecule has 0 radical (unpaired) electrons. The summed E-state index contributed by atoms with van der Waals surface area (Å²) in [6, 6.07) is 8.36. The van der Waals surface area contributed by atoms with Gasteiger partial charge < -0.3 is 0 Å². The Balaban J connectivity index is 1.67. The Morgan fingerprint density at radius 2 is 2.00 bits per heavy atom. The van der Waals surface area contributed by atoms with Gasteiger partial charge in [0.1, 0.15) is 0 Å². The molecular weight excluding hydrogens is 316 g/mol. The third kappa shape index (κ3) is 2.83. The van der Waals surface area contributed by atoms with Gasteiger partial charge in [-0.25, -0.2) is 0 Å². The number of hydrogen-bond acceptors (Lipinski definition) is 3. The highest BCUT2D eigenvalue weighted by Crippen LogP contribution is 2.23. The van der Waals surface area contributed by atoms with Gasteiger partial charge in [-0.2, -0.15) is 0 Å². The van der Waals surface area contributed by atoms with E-state index in [1.54, 1.807) is 0 Å². The largest absolute Gasteiger partial charge is 0.298 e. The predicted molar refractivity (Wildman–Crippen MR) is 84.1 cm³/mol. The lowest BCUT2D eigenvalue weighted by molar-refractivity contribution is 0.0602. The van der Waals surface area contributed by atoms with Gasteiger partial charge in [0.15, 0.2) is 5.78 Å². The molecular formula is C16H21BrN2O. The quantitative estimate of drug-likeness (QED) is 0.793. The average Bonchev–Trinajstić information content (AvgIpc) is 2.94. The molecule has 3 nitrogen and oxygen atoms in total. The molecule has 3 rings (SSSR count). The number of nitrogens with zero attached hydrogens (tertiary/aromatic N) is 2. The van der Waals surface area contributed by atoms with Crippen LogP contribution in [-0.2, 0) is 0 Å². The Kier molecular flexibility index (Phi) is 4.24. The molecule has 0 N–H and O–H groups in total. The van der Waals surface area contributed by atoms with Gasteiger partial charge >= 0.3 is 0 Å². The Hall–Kier alpha value is -0.710. The minimum absolute atomic E-state index is 0.0149. The van der Waals surface area contributed by atoms with E-state index in [1.807, 2.05) is 24.3 Å². The summed E-state index contributed by atoms with van der Waals surface area (Å²) >= 11 is 3.41. The van der Waals surface area contributed by atoms with Crippen molar-refractivity contribution < 1.29 is 4.79 Å². The molecule has 4 heteroatoms. The van der Waals surface area contributed by atoms with Crippen LogP contribution >= 0.6 is 15.9 Å². The normalized spacial score (nSPS) is 25.4. The number of carbonyl (C=O) groups excluding carboxylic acids is 1. The summed E-state index contributed by atoms with van der Waals surface area (Å²) in [5, 5.41) is 0. The van der Waals surface area contributed by atoms with Gasteiger partial charge in [-0.3, -0.25) is 14.6 Å². The van der Waals surface area contributed by atoms with Crippen LogP contribution in [0.2, 0.25) is 0 Å².